The Bertz CT molecular complexity index is 464. The van der Waals surface area contributed by atoms with Crippen LogP contribution >= 0.6 is 0 Å². The molecule has 1 aromatic carbocycles. The second kappa shape index (κ2) is 5.16. The van der Waals surface area contributed by atoms with E-state index in [0.29, 0.717) is 13.1 Å². The van der Waals surface area contributed by atoms with Gasteiger partial charge in [0.1, 0.15) is 0 Å². The lowest BCUT2D eigenvalue weighted by Gasteiger charge is -2.05. The van der Waals surface area contributed by atoms with Crippen LogP contribution in [0.2, 0.25) is 0 Å². The number of hydrogen-bond acceptors (Lipinski definition) is 3. The zero-order valence-electron chi connectivity index (χ0n) is 9.72. The normalized spacial score (nSPS) is 16.1. The molecular formula is C12H18N2O2S. The fraction of sp³-hybridized carbons (Fsp3) is 0.500. The van der Waals surface area contributed by atoms with Crippen molar-refractivity contribution in [2.75, 3.05) is 12.3 Å². The molecule has 0 aromatic heterocycles. The molecule has 1 aromatic rings. The number of nitrogens with one attached hydrogen (secondary N) is 1. The van der Waals surface area contributed by atoms with Crippen LogP contribution in [0.3, 0.4) is 0 Å². The van der Waals surface area contributed by atoms with Gasteiger partial charge in [0.15, 0.2) is 0 Å². The van der Waals surface area contributed by atoms with Gasteiger partial charge in [0.25, 0.3) is 0 Å². The molecule has 17 heavy (non-hydrogen) atoms. The van der Waals surface area contributed by atoms with E-state index in [1.54, 1.807) is 0 Å². The molecule has 1 aliphatic rings. The molecule has 3 N–H and O–H groups in total. The molecule has 0 heterocycles. The van der Waals surface area contributed by atoms with Crippen molar-refractivity contribution in [1.82, 2.24) is 5.32 Å². The summed E-state index contributed by atoms with van der Waals surface area (Å²) in [5.74, 6) is 0.757. The minimum absolute atomic E-state index is 0.0207. The van der Waals surface area contributed by atoms with E-state index in [9.17, 15) is 8.42 Å². The first kappa shape index (κ1) is 12.5. The van der Waals surface area contributed by atoms with Crippen LogP contribution in [0.1, 0.15) is 29.9 Å². The summed E-state index contributed by atoms with van der Waals surface area (Å²) in [5.41, 5.74) is 2.59. The highest BCUT2D eigenvalue weighted by Crippen LogP contribution is 2.39. The van der Waals surface area contributed by atoms with Gasteiger partial charge in [-0.2, -0.15) is 0 Å². The topological polar surface area (TPSA) is 72.2 Å². The third-order valence-corrected chi connectivity index (χ3v) is 3.69. The number of hydrogen-bond donors (Lipinski definition) is 2. The van der Waals surface area contributed by atoms with Gasteiger partial charge in [0, 0.05) is 13.1 Å². The number of benzene rings is 1. The minimum atomic E-state index is -3.35. The number of sulfonamides is 1. The van der Waals surface area contributed by atoms with Crippen molar-refractivity contribution in [2.45, 2.75) is 25.3 Å². The Morgan fingerprint density at radius 1 is 1.24 bits per heavy atom. The van der Waals surface area contributed by atoms with Gasteiger partial charge in [0.05, 0.1) is 5.75 Å². The molecule has 0 spiro atoms. The van der Waals surface area contributed by atoms with Crippen LogP contribution in [0.15, 0.2) is 24.3 Å². The summed E-state index contributed by atoms with van der Waals surface area (Å²) in [6, 6.07) is 8.51. The van der Waals surface area contributed by atoms with Crippen molar-refractivity contribution in [3.63, 3.8) is 0 Å². The van der Waals surface area contributed by atoms with Crippen LogP contribution in [-0.2, 0) is 16.6 Å². The predicted molar refractivity (Wildman–Crippen MR) is 68.1 cm³/mol. The molecule has 0 aliphatic heterocycles. The van der Waals surface area contributed by atoms with E-state index in [1.807, 2.05) is 0 Å². The summed E-state index contributed by atoms with van der Waals surface area (Å²) in [4.78, 5) is 0. The summed E-state index contributed by atoms with van der Waals surface area (Å²) in [7, 11) is -3.35. The quantitative estimate of drug-likeness (QED) is 0.742. The van der Waals surface area contributed by atoms with Gasteiger partial charge in [-0.1, -0.05) is 24.3 Å². The molecule has 0 unspecified atom stereocenters. The van der Waals surface area contributed by atoms with Crippen LogP contribution < -0.4 is 10.5 Å². The van der Waals surface area contributed by atoms with Crippen molar-refractivity contribution >= 4 is 10.0 Å². The lowest BCUT2D eigenvalue weighted by molar-refractivity contribution is 0.592. The van der Waals surface area contributed by atoms with Crippen LogP contribution in [0.4, 0.5) is 0 Å². The van der Waals surface area contributed by atoms with Gasteiger partial charge in [-0.15, -0.1) is 0 Å². The highest BCUT2D eigenvalue weighted by atomic mass is 32.2. The van der Waals surface area contributed by atoms with Crippen LogP contribution in [-0.4, -0.2) is 20.7 Å². The van der Waals surface area contributed by atoms with Gasteiger partial charge in [0.2, 0.25) is 10.0 Å². The maximum absolute atomic E-state index is 10.7. The summed E-state index contributed by atoms with van der Waals surface area (Å²) in [6.45, 7) is 1.07. The highest BCUT2D eigenvalue weighted by Gasteiger charge is 2.22. The third-order valence-electron chi connectivity index (χ3n) is 2.92. The molecule has 0 radical (unpaired) electrons. The zero-order chi connectivity index (χ0) is 12.3. The number of nitrogens with two attached hydrogens (primary N) is 1. The molecular weight excluding hydrogens is 236 g/mol. The summed E-state index contributed by atoms with van der Waals surface area (Å²) in [6.07, 6.45) is 2.62. The first-order valence-corrected chi connectivity index (χ1v) is 7.56. The minimum Gasteiger partial charge on any atom is -0.312 e. The van der Waals surface area contributed by atoms with Crippen molar-refractivity contribution in [1.29, 1.82) is 0 Å². The van der Waals surface area contributed by atoms with Gasteiger partial charge < -0.3 is 5.32 Å². The summed E-state index contributed by atoms with van der Waals surface area (Å²) >= 11 is 0. The zero-order valence-corrected chi connectivity index (χ0v) is 10.5. The van der Waals surface area contributed by atoms with E-state index in [4.69, 9.17) is 5.14 Å². The van der Waals surface area contributed by atoms with E-state index in [0.717, 1.165) is 5.92 Å². The predicted octanol–water partition coefficient (Wildman–Crippen LogP) is 0.942. The number of primary sulfonamides is 1. The lowest BCUT2D eigenvalue weighted by Crippen LogP contribution is -2.26. The maximum Gasteiger partial charge on any atom is 0.210 e. The Morgan fingerprint density at radius 3 is 2.41 bits per heavy atom. The monoisotopic (exact) mass is 254 g/mol. The molecule has 0 amide bonds. The molecule has 4 nitrogen and oxygen atoms in total. The molecule has 0 saturated heterocycles. The van der Waals surface area contributed by atoms with Crippen molar-refractivity contribution in [2.24, 2.45) is 5.14 Å². The summed E-state index contributed by atoms with van der Waals surface area (Å²) in [5, 5.41) is 7.97. The Labute approximate surface area is 102 Å². The van der Waals surface area contributed by atoms with Gasteiger partial charge in [-0.25, -0.2) is 13.6 Å². The van der Waals surface area contributed by atoms with Crippen molar-refractivity contribution < 1.29 is 8.42 Å². The van der Waals surface area contributed by atoms with Crippen molar-refractivity contribution in [3.05, 3.63) is 35.4 Å². The lowest BCUT2D eigenvalue weighted by atomic mass is 10.1. The average Bonchev–Trinajstić information content (AvgIpc) is 3.08. The fourth-order valence-corrected chi connectivity index (χ4v) is 2.20. The Hall–Kier alpha value is -0.910. The first-order chi connectivity index (χ1) is 8.04. The van der Waals surface area contributed by atoms with E-state index < -0.39 is 10.0 Å². The van der Waals surface area contributed by atoms with Gasteiger partial charge in [-0.05, 0) is 29.9 Å². The molecule has 1 fully saturated rings. The molecule has 1 saturated carbocycles. The van der Waals surface area contributed by atoms with Gasteiger partial charge >= 0.3 is 0 Å². The second-order valence-corrected chi connectivity index (χ2v) is 6.29. The largest absolute Gasteiger partial charge is 0.312 e. The Balaban J connectivity index is 1.75. The molecule has 1 aliphatic carbocycles. The molecule has 0 atom stereocenters. The third kappa shape index (κ3) is 4.46. The molecule has 94 valence electrons. The van der Waals surface area contributed by atoms with Crippen molar-refractivity contribution in [3.8, 4) is 0 Å². The molecule has 2 rings (SSSR count). The van der Waals surface area contributed by atoms with E-state index >= 15 is 0 Å². The maximum atomic E-state index is 10.7. The van der Waals surface area contributed by atoms with E-state index in [1.165, 1.54) is 24.0 Å². The summed E-state index contributed by atoms with van der Waals surface area (Å²) < 4.78 is 21.4. The Kier molecular flexibility index (Phi) is 3.81. The second-order valence-electron chi connectivity index (χ2n) is 4.56. The van der Waals surface area contributed by atoms with Crippen LogP contribution in [0, 0.1) is 0 Å². The van der Waals surface area contributed by atoms with E-state index in [-0.39, 0.29) is 5.75 Å². The highest BCUT2D eigenvalue weighted by molar-refractivity contribution is 7.89. The van der Waals surface area contributed by atoms with Crippen LogP contribution in [0.25, 0.3) is 0 Å². The Morgan fingerprint density at radius 2 is 1.88 bits per heavy atom. The first-order valence-electron chi connectivity index (χ1n) is 5.84. The van der Waals surface area contributed by atoms with Crippen LogP contribution in [0.5, 0.6) is 0 Å². The standard InChI is InChI=1S/C12H18N2O2S/c13-17(15,16)8-7-14-9-10-1-3-11(4-2-10)12-5-6-12/h1-4,12,14H,5-9H2,(H2,13,15,16). The van der Waals surface area contributed by atoms with Gasteiger partial charge in [-0.3, -0.25) is 0 Å². The smallest absolute Gasteiger partial charge is 0.210 e. The molecule has 5 heteroatoms. The van der Waals surface area contributed by atoms with E-state index in [2.05, 4.69) is 29.6 Å². The SMILES string of the molecule is NS(=O)(=O)CCNCc1ccc(C2CC2)cc1. The number of rotatable bonds is 6. The molecule has 0 bridgehead atoms. The fourth-order valence-electron chi connectivity index (χ4n) is 1.77. The average molecular weight is 254 g/mol.